The molecule has 3 heteroatoms. The first kappa shape index (κ1) is 11.4. The lowest BCUT2D eigenvalue weighted by Gasteiger charge is -2.04. The fourth-order valence-corrected chi connectivity index (χ4v) is 2.12. The minimum atomic E-state index is 0.694. The molecule has 0 aliphatic heterocycles. The van der Waals surface area contributed by atoms with E-state index in [1.807, 2.05) is 18.2 Å². The van der Waals surface area contributed by atoms with Gasteiger partial charge in [0.15, 0.2) is 0 Å². The molecule has 14 heavy (non-hydrogen) atoms. The first-order valence-electron chi connectivity index (χ1n) is 4.86. The molecule has 0 atom stereocenters. The smallest absolute Gasteiger partial charge is 0.213 e. The lowest BCUT2D eigenvalue weighted by molar-refractivity contribution is 0.394. The zero-order chi connectivity index (χ0) is 10.4. The third kappa shape index (κ3) is 4.01. The monoisotopic (exact) mass is 211 g/mol. The van der Waals surface area contributed by atoms with Crippen molar-refractivity contribution >= 4 is 11.8 Å². The van der Waals surface area contributed by atoms with Crippen molar-refractivity contribution in [2.45, 2.75) is 25.3 Å². The highest BCUT2D eigenvalue weighted by atomic mass is 32.2. The normalized spacial score (nSPS) is 10.6. The molecule has 0 spiro atoms. The second-order valence-corrected chi connectivity index (χ2v) is 4.66. The van der Waals surface area contributed by atoms with Crippen molar-refractivity contribution in [3.8, 4) is 5.88 Å². The van der Waals surface area contributed by atoms with Crippen molar-refractivity contribution in [3.63, 3.8) is 0 Å². The van der Waals surface area contributed by atoms with Crippen LogP contribution >= 0.6 is 11.8 Å². The summed E-state index contributed by atoms with van der Waals surface area (Å²) in [6.45, 7) is 4.47. The summed E-state index contributed by atoms with van der Waals surface area (Å²) in [5.74, 6) is 2.57. The maximum atomic E-state index is 5.06. The Morgan fingerprint density at radius 1 is 1.43 bits per heavy atom. The molecule has 1 rings (SSSR count). The van der Waals surface area contributed by atoms with Crippen LogP contribution in [0.15, 0.2) is 23.2 Å². The standard InChI is InChI=1S/C11H17NOS/c1-9(2)7-8-14-11-6-4-5-10(12-11)13-3/h4-6,9H,7-8H2,1-3H3. The predicted molar refractivity (Wildman–Crippen MR) is 61.0 cm³/mol. The summed E-state index contributed by atoms with van der Waals surface area (Å²) < 4.78 is 5.06. The molecule has 0 radical (unpaired) electrons. The number of hydrogen-bond donors (Lipinski definition) is 0. The molecule has 0 aliphatic carbocycles. The van der Waals surface area contributed by atoms with Crippen LogP contribution in [-0.4, -0.2) is 17.8 Å². The van der Waals surface area contributed by atoms with E-state index in [2.05, 4.69) is 18.8 Å². The van der Waals surface area contributed by atoms with Crippen LogP contribution in [0, 0.1) is 5.92 Å². The first-order valence-corrected chi connectivity index (χ1v) is 5.84. The third-order valence-corrected chi connectivity index (χ3v) is 2.82. The van der Waals surface area contributed by atoms with Gasteiger partial charge in [0.25, 0.3) is 0 Å². The number of thioether (sulfide) groups is 1. The highest BCUT2D eigenvalue weighted by Gasteiger charge is 1.99. The van der Waals surface area contributed by atoms with E-state index in [4.69, 9.17) is 4.74 Å². The summed E-state index contributed by atoms with van der Waals surface area (Å²) in [7, 11) is 1.64. The number of nitrogens with zero attached hydrogens (tertiary/aromatic N) is 1. The molecule has 2 nitrogen and oxygen atoms in total. The number of aromatic nitrogens is 1. The third-order valence-electron chi connectivity index (χ3n) is 1.85. The molecule has 0 fully saturated rings. The van der Waals surface area contributed by atoms with Crippen LogP contribution < -0.4 is 4.74 Å². The molecule has 0 bridgehead atoms. The summed E-state index contributed by atoms with van der Waals surface area (Å²) in [6, 6.07) is 5.86. The molecule has 1 heterocycles. The Morgan fingerprint density at radius 3 is 2.86 bits per heavy atom. The molecule has 1 aromatic heterocycles. The topological polar surface area (TPSA) is 22.1 Å². The Morgan fingerprint density at radius 2 is 2.21 bits per heavy atom. The summed E-state index contributed by atoms with van der Waals surface area (Å²) >= 11 is 1.79. The minimum Gasteiger partial charge on any atom is -0.481 e. The van der Waals surface area contributed by atoms with E-state index in [9.17, 15) is 0 Å². The van der Waals surface area contributed by atoms with Crippen LogP contribution in [0.4, 0.5) is 0 Å². The van der Waals surface area contributed by atoms with E-state index in [0.717, 1.165) is 16.7 Å². The van der Waals surface area contributed by atoms with Crippen LogP contribution in [-0.2, 0) is 0 Å². The second-order valence-electron chi connectivity index (χ2n) is 3.55. The summed E-state index contributed by atoms with van der Waals surface area (Å²) in [6.07, 6.45) is 1.23. The van der Waals surface area contributed by atoms with Crippen LogP contribution in [0.5, 0.6) is 5.88 Å². The van der Waals surface area contributed by atoms with Gasteiger partial charge in [0, 0.05) is 6.07 Å². The lowest BCUT2D eigenvalue weighted by Crippen LogP contribution is -1.92. The Hall–Kier alpha value is -0.700. The molecule has 78 valence electrons. The molecule has 0 N–H and O–H groups in total. The number of rotatable bonds is 5. The van der Waals surface area contributed by atoms with E-state index >= 15 is 0 Å². The van der Waals surface area contributed by atoms with Gasteiger partial charge < -0.3 is 4.74 Å². The van der Waals surface area contributed by atoms with Crippen molar-refractivity contribution in [1.82, 2.24) is 4.98 Å². The van der Waals surface area contributed by atoms with Gasteiger partial charge in [-0.05, 0) is 24.2 Å². The fourth-order valence-electron chi connectivity index (χ4n) is 0.989. The number of ether oxygens (including phenoxy) is 1. The van der Waals surface area contributed by atoms with Gasteiger partial charge in [0.05, 0.1) is 7.11 Å². The van der Waals surface area contributed by atoms with Gasteiger partial charge in [-0.2, -0.15) is 0 Å². The Balaban J connectivity index is 2.42. The van der Waals surface area contributed by atoms with Gasteiger partial charge in [0.1, 0.15) is 5.03 Å². The van der Waals surface area contributed by atoms with Crippen LogP contribution in [0.3, 0.4) is 0 Å². The average molecular weight is 211 g/mol. The Bertz CT molecular complexity index is 276. The molecule has 0 saturated carbocycles. The number of hydrogen-bond acceptors (Lipinski definition) is 3. The quantitative estimate of drug-likeness (QED) is 0.698. The number of pyridine rings is 1. The first-order chi connectivity index (χ1) is 6.72. The van der Waals surface area contributed by atoms with Gasteiger partial charge in [0.2, 0.25) is 5.88 Å². The maximum Gasteiger partial charge on any atom is 0.213 e. The van der Waals surface area contributed by atoms with Gasteiger partial charge >= 0.3 is 0 Å². The molecule has 0 saturated heterocycles. The summed E-state index contributed by atoms with van der Waals surface area (Å²) in [4.78, 5) is 4.33. The van der Waals surface area contributed by atoms with Crippen LogP contribution in [0.2, 0.25) is 0 Å². The molecule has 0 unspecified atom stereocenters. The highest BCUT2D eigenvalue weighted by Crippen LogP contribution is 2.20. The van der Waals surface area contributed by atoms with Gasteiger partial charge in [-0.1, -0.05) is 19.9 Å². The largest absolute Gasteiger partial charge is 0.481 e. The highest BCUT2D eigenvalue weighted by molar-refractivity contribution is 7.99. The summed E-state index contributed by atoms with van der Waals surface area (Å²) in [5.41, 5.74) is 0. The zero-order valence-corrected chi connectivity index (χ0v) is 9.80. The van der Waals surface area contributed by atoms with Crippen molar-refractivity contribution in [1.29, 1.82) is 0 Å². The lowest BCUT2D eigenvalue weighted by atomic mass is 10.2. The van der Waals surface area contributed by atoms with Crippen molar-refractivity contribution in [2.24, 2.45) is 5.92 Å². The predicted octanol–water partition coefficient (Wildman–Crippen LogP) is 3.23. The molecule has 0 aromatic carbocycles. The fraction of sp³-hybridized carbons (Fsp3) is 0.545. The second kappa shape index (κ2) is 5.91. The average Bonchev–Trinajstić information content (AvgIpc) is 2.18. The molecule has 0 amide bonds. The van der Waals surface area contributed by atoms with Crippen LogP contribution in [0.25, 0.3) is 0 Å². The van der Waals surface area contributed by atoms with Crippen molar-refractivity contribution in [2.75, 3.05) is 12.9 Å². The minimum absolute atomic E-state index is 0.694. The SMILES string of the molecule is COc1cccc(SCCC(C)C)n1. The van der Waals surface area contributed by atoms with E-state index in [1.54, 1.807) is 18.9 Å². The zero-order valence-electron chi connectivity index (χ0n) is 8.99. The van der Waals surface area contributed by atoms with Crippen molar-refractivity contribution in [3.05, 3.63) is 18.2 Å². The Labute approximate surface area is 90.1 Å². The van der Waals surface area contributed by atoms with Gasteiger partial charge in [-0.25, -0.2) is 4.98 Å². The molecule has 0 aliphatic rings. The van der Waals surface area contributed by atoms with Gasteiger partial charge in [-0.15, -0.1) is 11.8 Å². The van der Waals surface area contributed by atoms with Gasteiger partial charge in [-0.3, -0.25) is 0 Å². The van der Waals surface area contributed by atoms with Crippen LogP contribution in [0.1, 0.15) is 20.3 Å². The van der Waals surface area contributed by atoms with E-state index < -0.39 is 0 Å². The van der Waals surface area contributed by atoms with E-state index in [-0.39, 0.29) is 0 Å². The molecular weight excluding hydrogens is 194 g/mol. The van der Waals surface area contributed by atoms with E-state index in [1.165, 1.54) is 6.42 Å². The number of methoxy groups -OCH3 is 1. The molecular formula is C11H17NOS. The van der Waals surface area contributed by atoms with E-state index in [0.29, 0.717) is 5.88 Å². The Kier molecular flexibility index (Phi) is 4.80. The maximum absolute atomic E-state index is 5.06. The summed E-state index contributed by atoms with van der Waals surface area (Å²) in [5, 5.41) is 1.05. The molecule has 1 aromatic rings. The van der Waals surface area contributed by atoms with Crippen molar-refractivity contribution < 1.29 is 4.74 Å².